The third kappa shape index (κ3) is 5.62. The Morgan fingerprint density at radius 3 is 2.67 bits per heavy atom. The van der Waals surface area contributed by atoms with Gasteiger partial charge in [-0.15, -0.1) is 0 Å². The average Bonchev–Trinajstić information content (AvgIpc) is 2.99. The molecular weight excluding hydrogens is 374 g/mol. The van der Waals surface area contributed by atoms with Gasteiger partial charge in [0, 0.05) is 25.2 Å². The van der Waals surface area contributed by atoms with Gasteiger partial charge in [0.2, 0.25) is 0 Å². The molecule has 1 aliphatic rings. The highest BCUT2D eigenvalue weighted by Gasteiger charge is 2.34. The van der Waals surface area contributed by atoms with Crippen LogP contribution in [0.1, 0.15) is 43.6 Å². The van der Waals surface area contributed by atoms with E-state index < -0.39 is 28.3 Å². The van der Waals surface area contributed by atoms with Crippen molar-refractivity contribution in [1.29, 1.82) is 0 Å². The Morgan fingerprint density at radius 1 is 1.33 bits per heavy atom. The van der Waals surface area contributed by atoms with Crippen LogP contribution in [0.4, 0.5) is 0 Å². The Bertz CT molecular complexity index is 848. The summed E-state index contributed by atoms with van der Waals surface area (Å²) in [7, 11) is -3.12. The largest absolute Gasteiger partial charge is 0.451 e. The zero-order valence-electron chi connectivity index (χ0n) is 15.6. The molecule has 0 spiro atoms. The maximum atomic E-state index is 12.3. The van der Waals surface area contributed by atoms with Gasteiger partial charge in [-0.05, 0) is 25.8 Å². The molecule has 1 aliphatic heterocycles. The standard InChI is InChI=1S/C17H25N3O6S/c1-3-5-9-20-15(21)7-6-14(18-20)17(23)26-11-16(22)19(4-2)13-8-10-27(24,25)12-13/h6-7,13H,3-5,8-12H2,1-2H3. The predicted octanol–water partition coefficient (Wildman–Crippen LogP) is 0.236. The fourth-order valence-corrected chi connectivity index (χ4v) is 4.70. The van der Waals surface area contributed by atoms with Crippen LogP contribution in [0.25, 0.3) is 0 Å². The van der Waals surface area contributed by atoms with Crippen LogP contribution in [-0.4, -0.2) is 65.7 Å². The first-order chi connectivity index (χ1) is 12.8. The molecule has 1 fully saturated rings. The van der Waals surface area contributed by atoms with Gasteiger partial charge in [-0.25, -0.2) is 17.9 Å². The van der Waals surface area contributed by atoms with Gasteiger partial charge in [-0.1, -0.05) is 13.3 Å². The van der Waals surface area contributed by atoms with Crippen molar-refractivity contribution in [3.63, 3.8) is 0 Å². The molecule has 1 atom stereocenters. The lowest BCUT2D eigenvalue weighted by molar-refractivity contribution is -0.136. The minimum absolute atomic E-state index is 0.0509. The van der Waals surface area contributed by atoms with E-state index in [1.807, 2.05) is 6.92 Å². The number of aromatic nitrogens is 2. The monoisotopic (exact) mass is 399 g/mol. The summed E-state index contributed by atoms with van der Waals surface area (Å²) in [4.78, 5) is 37.7. The Hall–Kier alpha value is -2.23. The van der Waals surface area contributed by atoms with E-state index in [1.165, 1.54) is 21.7 Å². The van der Waals surface area contributed by atoms with Gasteiger partial charge in [-0.2, -0.15) is 5.10 Å². The number of ether oxygens (including phenoxy) is 1. The van der Waals surface area contributed by atoms with Crippen LogP contribution in [0, 0.1) is 0 Å². The molecule has 0 saturated carbocycles. The van der Waals surface area contributed by atoms with Crippen molar-refractivity contribution in [2.75, 3.05) is 24.7 Å². The van der Waals surface area contributed by atoms with E-state index in [1.54, 1.807) is 6.92 Å². The number of likely N-dealkylation sites (N-methyl/N-ethyl adjacent to an activating group) is 1. The van der Waals surface area contributed by atoms with Crippen molar-refractivity contribution in [2.45, 2.75) is 45.7 Å². The van der Waals surface area contributed by atoms with Crippen molar-refractivity contribution in [3.8, 4) is 0 Å². The number of hydrogen-bond acceptors (Lipinski definition) is 7. The minimum Gasteiger partial charge on any atom is -0.451 e. The maximum Gasteiger partial charge on any atom is 0.359 e. The Morgan fingerprint density at radius 2 is 2.07 bits per heavy atom. The highest BCUT2D eigenvalue weighted by Crippen LogP contribution is 2.17. The molecule has 150 valence electrons. The summed E-state index contributed by atoms with van der Waals surface area (Å²) in [5.41, 5.74) is -0.360. The molecular formula is C17H25N3O6S. The van der Waals surface area contributed by atoms with E-state index >= 15 is 0 Å². The molecule has 10 heteroatoms. The molecule has 9 nitrogen and oxygen atoms in total. The summed E-state index contributed by atoms with van der Waals surface area (Å²) in [5.74, 6) is -1.26. The Labute approximate surface area is 158 Å². The van der Waals surface area contributed by atoms with E-state index in [-0.39, 0.29) is 28.8 Å². The second kappa shape index (κ2) is 9.12. The van der Waals surface area contributed by atoms with Crippen LogP contribution in [0.5, 0.6) is 0 Å². The zero-order valence-corrected chi connectivity index (χ0v) is 16.4. The maximum absolute atomic E-state index is 12.3. The van der Waals surface area contributed by atoms with Gasteiger partial charge in [0.05, 0.1) is 11.5 Å². The van der Waals surface area contributed by atoms with Gasteiger partial charge in [0.1, 0.15) is 0 Å². The smallest absolute Gasteiger partial charge is 0.359 e. The number of carbonyl (C=O) groups is 2. The summed E-state index contributed by atoms with van der Waals surface area (Å²) in [5, 5.41) is 3.97. The summed E-state index contributed by atoms with van der Waals surface area (Å²) < 4.78 is 29.4. The molecule has 0 radical (unpaired) electrons. The lowest BCUT2D eigenvalue weighted by atomic mass is 10.2. The minimum atomic E-state index is -3.12. The molecule has 0 aromatic carbocycles. The van der Waals surface area contributed by atoms with E-state index in [2.05, 4.69) is 5.10 Å². The highest BCUT2D eigenvalue weighted by atomic mass is 32.2. The van der Waals surface area contributed by atoms with Crippen molar-refractivity contribution >= 4 is 21.7 Å². The van der Waals surface area contributed by atoms with Crippen LogP contribution in [0.3, 0.4) is 0 Å². The van der Waals surface area contributed by atoms with Gasteiger partial charge in [0.25, 0.3) is 11.5 Å². The normalized spacial score (nSPS) is 18.2. The van der Waals surface area contributed by atoms with Crippen molar-refractivity contribution in [2.24, 2.45) is 0 Å². The fraction of sp³-hybridized carbons (Fsp3) is 0.647. The molecule has 0 bridgehead atoms. The molecule has 1 aromatic rings. The van der Waals surface area contributed by atoms with Crippen molar-refractivity contribution in [1.82, 2.24) is 14.7 Å². The molecule has 2 heterocycles. The van der Waals surface area contributed by atoms with Gasteiger partial charge in [-0.3, -0.25) is 9.59 Å². The van der Waals surface area contributed by atoms with Crippen LogP contribution in [0.15, 0.2) is 16.9 Å². The summed E-state index contributed by atoms with van der Waals surface area (Å²) in [6.45, 7) is 3.95. The number of hydrogen-bond donors (Lipinski definition) is 0. The van der Waals surface area contributed by atoms with Crippen molar-refractivity contribution < 1.29 is 22.7 Å². The number of amides is 1. The molecule has 2 rings (SSSR count). The number of carbonyl (C=O) groups excluding carboxylic acids is 2. The van der Waals surface area contributed by atoms with E-state index in [0.29, 0.717) is 19.5 Å². The van der Waals surface area contributed by atoms with Crippen molar-refractivity contribution in [3.05, 3.63) is 28.2 Å². The molecule has 0 N–H and O–H groups in total. The molecule has 27 heavy (non-hydrogen) atoms. The number of sulfone groups is 1. The second-order valence-electron chi connectivity index (χ2n) is 6.45. The first-order valence-corrected chi connectivity index (χ1v) is 10.8. The number of nitrogens with zero attached hydrogens (tertiary/aromatic N) is 3. The second-order valence-corrected chi connectivity index (χ2v) is 8.67. The third-order valence-electron chi connectivity index (χ3n) is 4.44. The topological polar surface area (TPSA) is 116 Å². The Balaban J connectivity index is 1.98. The number of esters is 1. The summed E-state index contributed by atoms with van der Waals surface area (Å²) in [6.07, 6.45) is 2.01. The molecule has 1 aromatic heterocycles. The molecule has 1 amide bonds. The highest BCUT2D eigenvalue weighted by molar-refractivity contribution is 7.91. The number of aryl methyl sites for hydroxylation is 1. The quantitative estimate of drug-likeness (QED) is 0.575. The lowest BCUT2D eigenvalue weighted by Crippen LogP contribution is -2.43. The van der Waals surface area contributed by atoms with Crippen LogP contribution < -0.4 is 5.56 Å². The predicted molar refractivity (Wildman–Crippen MR) is 98.1 cm³/mol. The summed E-state index contributed by atoms with van der Waals surface area (Å²) in [6, 6.07) is 2.11. The van der Waals surface area contributed by atoms with E-state index in [9.17, 15) is 22.8 Å². The van der Waals surface area contributed by atoms with Gasteiger partial charge in [0.15, 0.2) is 22.1 Å². The molecule has 1 unspecified atom stereocenters. The lowest BCUT2D eigenvalue weighted by Gasteiger charge is -2.26. The number of rotatable bonds is 8. The van der Waals surface area contributed by atoms with E-state index in [0.717, 1.165) is 12.8 Å². The molecule has 0 aliphatic carbocycles. The van der Waals surface area contributed by atoms with Gasteiger partial charge >= 0.3 is 5.97 Å². The average molecular weight is 399 g/mol. The first kappa shape index (κ1) is 21.1. The first-order valence-electron chi connectivity index (χ1n) is 9.02. The number of unbranched alkanes of at least 4 members (excludes halogenated alkanes) is 1. The van der Waals surface area contributed by atoms with Crippen LogP contribution >= 0.6 is 0 Å². The third-order valence-corrected chi connectivity index (χ3v) is 6.19. The molecule has 1 saturated heterocycles. The Kier molecular flexibility index (Phi) is 7.11. The van der Waals surface area contributed by atoms with Crippen LogP contribution in [0.2, 0.25) is 0 Å². The van der Waals surface area contributed by atoms with E-state index in [4.69, 9.17) is 4.74 Å². The van der Waals surface area contributed by atoms with Crippen LogP contribution in [-0.2, 0) is 25.9 Å². The summed E-state index contributed by atoms with van der Waals surface area (Å²) >= 11 is 0. The SMILES string of the molecule is CCCCn1nc(C(=O)OCC(=O)N(CC)C2CCS(=O)(=O)C2)ccc1=O. The zero-order chi connectivity index (χ0) is 20.0. The van der Waals surface area contributed by atoms with Gasteiger partial charge < -0.3 is 9.64 Å². The fourth-order valence-electron chi connectivity index (χ4n) is 2.97.